The first kappa shape index (κ1) is 41.8. The predicted molar refractivity (Wildman–Crippen MR) is 224 cm³/mol. The van der Waals surface area contributed by atoms with Crippen molar-refractivity contribution in [3.63, 3.8) is 0 Å². The Morgan fingerprint density at radius 3 is 2.43 bits per heavy atom. The highest BCUT2D eigenvalue weighted by Gasteiger charge is 2.44. The van der Waals surface area contributed by atoms with Crippen LogP contribution in [-0.4, -0.2) is 129 Å². The molecular formula is C45H45F2N9O7. The fourth-order valence-corrected chi connectivity index (χ4v) is 8.62. The Balaban J connectivity index is 0.739. The van der Waals surface area contributed by atoms with Gasteiger partial charge in [0, 0.05) is 74.3 Å². The van der Waals surface area contributed by atoms with Gasteiger partial charge in [0.15, 0.2) is 0 Å². The van der Waals surface area contributed by atoms with Gasteiger partial charge in [-0.05, 0) is 61.2 Å². The zero-order valence-corrected chi connectivity index (χ0v) is 34.4. The number of nitrogens with zero attached hydrogens (tertiary/aromatic N) is 7. The molecule has 4 aliphatic heterocycles. The Kier molecular flexibility index (Phi) is 12.0. The van der Waals surface area contributed by atoms with E-state index in [1.165, 1.54) is 18.2 Å². The summed E-state index contributed by atoms with van der Waals surface area (Å²) < 4.78 is 43.8. The average Bonchev–Trinajstić information content (AvgIpc) is 3.88. The number of imide groups is 2. The van der Waals surface area contributed by atoms with Crippen LogP contribution in [-0.2, 0) is 30.4 Å². The number of likely N-dealkylation sites (tertiary alicyclic amines) is 1. The van der Waals surface area contributed by atoms with E-state index >= 15 is 8.78 Å². The molecule has 9 rings (SSSR count). The standard InChI is InChI=1S/C45H45F2N9O7/c46-35-20-27(21-36(47)34(35)26-53-14-18-63-19-15-53)31-2-1-3-37-42(31)51-38(24-49-37)28-23-50-55(25-28)30-8-12-54(13-9-30)41(58)10-16-62-17-11-48-29-4-5-32-33(22-29)45(61)56(44(32)60)39-6-7-40(57)52-43(39)59/h1-5,20-25,30,39,48H,6-19,26H2,(H,52,57,59). The number of hydrogen-bond donors (Lipinski definition) is 2. The SMILES string of the molecule is O=C1CCC(N2C(=O)c3ccc(NCCOCCC(=O)N4CCC(n5cc(-c6cnc7cccc(-c8cc(F)c(CN9CCOCC9)c(F)c8)c7n6)cn5)CC4)cc3C2=O)C(=O)N1. The Labute approximate surface area is 360 Å². The quantitative estimate of drug-likeness (QED) is 0.126. The molecule has 3 saturated heterocycles. The number of aromatic nitrogens is 4. The van der Waals surface area contributed by atoms with E-state index in [4.69, 9.17) is 14.5 Å². The summed E-state index contributed by atoms with van der Waals surface area (Å²) in [5.41, 5.74) is 4.40. The van der Waals surface area contributed by atoms with Gasteiger partial charge >= 0.3 is 0 Å². The molecule has 18 heteroatoms. The number of halogens is 2. The van der Waals surface area contributed by atoms with Crippen molar-refractivity contribution in [3.05, 3.63) is 95.4 Å². The minimum atomic E-state index is -1.03. The van der Waals surface area contributed by atoms with Gasteiger partial charge in [-0.3, -0.25) is 48.8 Å². The molecule has 0 saturated carbocycles. The van der Waals surface area contributed by atoms with Gasteiger partial charge < -0.3 is 19.7 Å². The molecule has 0 bridgehead atoms. The van der Waals surface area contributed by atoms with Crippen molar-refractivity contribution in [2.75, 3.05) is 64.5 Å². The largest absolute Gasteiger partial charge is 0.383 e. The van der Waals surface area contributed by atoms with Crippen molar-refractivity contribution in [2.45, 2.75) is 50.7 Å². The molecule has 1 atom stereocenters. The first-order valence-electron chi connectivity index (χ1n) is 21.1. The minimum absolute atomic E-state index is 0.00122. The van der Waals surface area contributed by atoms with Crippen LogP contribution in [0, 0.1) is 11.6 Å². The topological polar surface area (TPSA) is 181 Å². The maximum Gasteiger partial charge on any atom is 0.262 e. The zero-order valence-electron chi connectivity index (χ0n) is 34.4. The van der Waals surface area contributed by atoms with Crippen molar-refractivity contribution in [3.8, 4) is 22.4 Å². The summed E-state index contributed by atoms with van der Waals surface area (Å²) in [6.07, 6.45) is 7.09. The second-order valence-corrected chi connectivity index (χ2v) is 16.1. The molecule has 63 heavy (non-hydrogen) atoms. The van der Waals surface area contributed by atoms with Crippen molar-refractivity contribution in [1.29, 1.82) is 0 Å². The lowest BCUT2D eigenvalue weighted by atomic mass is 10.0. The number of anilines is 1. The molecule has 326 valence electrons. The molecule has 5 aromatic rings. The van der Waals surface area contributed by atoms with E-state index in [2.05, 4.69) is 20.7 Å². The average molecular weight is 862 g/mol. The van der Waals surface area contributed by atoms with Crippen LogP contribution >= 0.6 is 0 Å². The van der Waals surface area contributed by atoms with E-state index in [1.807, 2.05) is 26.7 Å². The Hall–Kier alpha value is -6.50. The molecule has 0 aliphatic carbocycles. The van der Waals surface area contributed by atoms with E-state index in [9.17, 15) is 24.0 Å². The monoisotopic (exact) mass is 861 g/mol. The van der Waals surface area contributed by atoms with Gasteiger partial charge in [-0.25, -0.2) is 13.8 Å². The molecule has 1 unspecified atom stereocenters. The van der Waals surface area contributed by atoms with Crippen LogP contribution in [0.25, 0.3) is 33.4 Å². The number of amides is 5. The Morgan fingerprint density at radius 1 is 0.873 bits per heavy atom. The van der Waals surface area contributed by atoms with Crippen LogP contribution in [0.4, 0.5) is 14.5 Å². The fourth-order valence-electron chi connectivity index (χ4n) is 8.62. The summed E-state index contributed by atoms with van der Waals surface area (Å²) in [6.45, 7) is 4.54. The van der Waals surface area contributed by atoms with Crippen LogP contribution in [0.3, 0.4) is 0 Å². The number of rotatable bonds is 13. The van der Waals surface area contributed by atoms with Crippen molar-refractivity contribution in [1.82, 2.24) is 39.8 Å². The number of fused-ring (bicyclic) bond motifs is 2. The molecular weight excluding hydrogens is 817 g/mol. The van der Waals surface area contributed by atoms with E-state index < -0.39 is 41.3 Å². The molecule has 4 aliphatic rings. The zero-order chi connectivity index (χ0) is 43.6. The first-order chi connectivity index (χ1) is 30.6. The number of ether oxygens (including phenoxy) is 2. The van der Waals surface area contributed by atoms with Gasteiger partial charge in [0.05, 0.1) is 79.1 Å². The number of para-hydroxylation sites is 1. The van der Waals surface area contributed by atoms with Gasteiger partial charge in [0.1, 0.15) is 17.7 Å². The van der Waals surface area contributed by atoms with Gasteiger partial charge in [0.2, 0.25) is 17.7 Å². The Bertz CT molecular complexity index is 2580. The van der Waals surface area contributed by atoms with Crippen molar-refractivity contribution >= 4 is 46.3 Å². The number of morpholine rings is 1. The van der Waals surface area contributed by atoms with Gasteiger partial charge in [-0.2, -0.15) is 5.10 Å². The third-order valence-electron chi connectivity index (χ3n) is 12.1. The van der Waals surface area contributed by atoms with Crippen LogP contribution in [0.2, 0.25) is 0 Å². The predicted octanol–water partition coefficient (Wildman–Crippen LogP) is 4.35. The molecule has 0 spiro atoms. The van der Waals surface area contributed by atoms with E-state index in [0.717, 1.165) is 10.5 Å². The summed E-state index contributed by atoms with van der Waals surface area (Å²) in [7, 11) is 0. The first-order valence-corrected chi connectivity index (χ1v) is 21.1. The maximum absolute atomic E-state index is 15.4. The Morgan fingerprint density at radius 2 is 1.65 bits per heavy atom. The highest BCUT2D eigenvalue weighted by molar-refractivity contribution is 6.23. The fraction of sp³-hybridized carbons (Fsp3) is 0.378. The summed E-state index contributed by atoms with van der Waals surface area (Å²) in [4.78, 5) is 77.2. The minimum Gasteiger partial charge on any atom is -0.383 e. The third-order valence-corrected chi connectivity index (χ3v) is 12.1. The van der Waals surface area contributed by atoms with E-state index in [-0.39, 0.29) is 61.1 Å². The van der Waals surface area contributed by atoms with Crippen LogP contribution in [0.5, 0.6) is 0 Å². The van der Waals surface area contributed by atoms with Crippen molar-refractivity contribution in [2.24, 2.45) is 0 Å². The maximum atomic E-state index is 15.4. The lowest BCUT2D eigenvalue weighted by molar-refractivity contribution is -0.136. The normalized spacial score (nSPS) is 18.6. The molecule has 5 amide bonds. The number of benzene rings is 3. The summed E-state index contributed by atoms with van der Waals surface area (Å²) >= 11 is 0. The lowest BCUT2D eigenvalue weighted by Crippen LogP contribution is -2.54. The summed E-state index contributed by atoms with van der Waals surface area (Å²) in [5.74, 6) is -3.45. The molecule has 3 aromatic carbocycles. The number of carbonyl (C=O) groups is 5. The smallest absolute Gasteiger partial charge is 0.262 e. The van der Waals surface area contributed by atoms with Crippen LogP contribution < -0.4 is 10.6 Å². The molecule has 3 fully saturated rings. The van der Waals surface area contributed by atoms with E-state index in [1.54, 1.807) is 36.7 Å². The van der Waals surface area contributed by atoms with Crippen LogP contribution in [0.15, 0.2) is 67.1 Å². The number of nitrogens with one attached hydrogen (secondary N) is 2. The third kappa shape index (κ3) is 8.78. The molecule has 2 N–H and O–H groups in total. The number of piperidine rings is 2. The second-order valence-electron chi connectivity index (χ2n) is 16.1. The summed E-state index contributed by atoms with van der Waals surface area (Å²) in [6, 6.07) is 11.9. The van der Waals surface area contributed by atoms with Crippen LogP contribution in [0.1, 0.15) is 64.4 Å². The van der Waals surface area contributed by atoms with Gasteiger partial charge in [0.25, 0.3) is 11.8 Å². The van der Waals surface area contributed by atoms with Gasteiger partial charge in [-0.15, -0.1) is 0 Å². The molecule has 0 radical (unpaired) electrons. The highest BCUT2D eigenvalue weighted by atomic mass is 19.1. The molecule has 16 nitrogen and oxygen atoms in total. The highest BCUT2D eigenvalue weighted by Crippen LogP contribution is 2.33. The van der Waals surface area contributed by atoms with Gasteiger partial charge in [-0.1, -0.05) is 12.1 Å². The van der Waals surface area contributed by atoms with Crippen molar-refractivity contribution < 1.29 is 42.2 Å². The number of carbonyl (C=O) groups excluding carboxylic acids is 5. The molecule has 6 heterocycles. The molecule has 2 aromatic heterocycles. The summed E-state index contributed by atoms with van der Waals surface area (Å²) in [5, 5.41) is 9.98. The lowest BCUT2D eigenvalue weighted by Gasteiger charge is -2.32. The second kappa shape index (κ2) is 18.1. The number of hydrogen-bond acceptors (Lipinski definition) is 12. The van der Waals surface area contributed by atoms with E-state index in [0.29, 0.717) is 98.9 Å².